The van der Waals surface area contributed by atoms with Crippen LogP contribution in [0.2, 0.25) is 0 Å². The van der Waals surface area contributed by atoms with Gasteiger partial charge in [-0.2, -0.15) is 0 Å². The number of aryl methyl sites for hydroxylation is 1. The number of carbonyl (C=O) groups excluding carboxylic acids is 1. The van der Waals surface area contributed by atoms with Gasteiger partial charge in [0.1, 0.15) is 0 Å². The standard InChI is InChI=1S/C17H19NO3/c1-9-3-4-11-14(8-18-15(11)7-9)16(19)12-5-10(2)6-13(12)17(20)21/h3-4,7-8,10,12-13,18H,5-6H2,1-2H3,(H,20,21). The number of nitrogens with one attached hydrogen (secondary N) is 1. The summed E-state index contributed by atoms with van der Waals surface area (Å²) in [5, 5.41) is 10.2. The number of carbonyl (C=O) groups is 2. The van der Waals surface area contributed by atoms with Gasteiger partial charge in [0.15, 0.2) is 5.78 Å². The molecule has 21 heavy (non-hydrogen) atoms. The number of aromatic amines is 1. The minimum Gasteiger partial charge on any atom is -0.481 e. The van der Waals surface area contributed by atoms with Crippen LogP contribution in [0.5, 0.6) is 0 Å². The van der Waals surface area contributed by atoms with Gasteiger partial charge < -0.3 is 10.1 Å². The molecule has 2 aromatic rings. The highest BCUT2D eigenvalue weighted by Gasteiger charge is 2.41. The van der Waals surface area contributed by atoms with Gasteiger partial charge in [0.05, 0.1) is 5.92 Å². The molecular formula is C17H19NO3. The fraction of sp³-hybridized carbons (Fsp3) is 0.412. The summed E-state index contributed by atoms with van der Waals surface area (Å²) in [6.07, 6.45) is 2.97. The van der Waals surface area contributed by atoms with Crippen LogP contribution >= 0.6 is 0 Å². The molecule has 3 unspecified atom stereocenters. The van der Waals surface area contributed by atoms with Crippen molar-refractivity contribution in [1.82, 2.24) is 4.98 Å². The van der Waals surface area contributed by atoms with Crippen molar-refractivity contribution in [2.24, 2.45) is 17.8 Å². The Kier molecular flexibility index (Phi) is 3.32. The predicted octanol–water partition coefficient (Wildman–Crippen LogP) is 3.41. The second-order valence-corrected chi connectivity index (χ2v) is 6.24. The number of benzene rings is 1. The highest BCUT2D eigenvalue weighted by Crippen LogP contribution is 2.39. The number of rotatable bonds is 3. The zero-order valence-corrected chi connectivity index (χ0v) is 12.2. The van der Waals surface area contributed by atoms with E-state index in [-0.39, 0.29) is 11.7 Å². The number of aromatic nitrogens is 1. The molecule has 0 amide bonds. The van der Waals surface area contributed by atoms with Crippen LogP contribution < -0.4 is 0 Å². The molecule has 1 saturated carbocycles. The molecule has 0 aliphatic heterocycles. The Labute approximate surface area is 123 Å². The summed E-state index contributed by atoms with van der Waals surface area (Å²) in [6.45, 7) is 4.02. The van der Waals surface area contributed by atoms with Crippen molar-refractivity contribution in [1.29, 1.82) is 0 Å². The quantitative estimate of drug-likeness (QED) is 0.849. The van der Waals surface area contributed by atoms with E-state index in [0.717, 1.165) is 16.5 Å². The SMILES string of the molecule is Cc1ccc2c(C(=O)C3CC(C)CC3C(=O)O)c[nH]c2c1. The Hall–Kier alpha value is -2.10. The van der Waals surface area contributed by atoms with Crippen molar-refractivity contribution < 1.29 is 14.7 Å². The third kappa shape index (κ3) is 2.35. The van der Waals surface area contributed by atoms with Crippen molar-refractivity contribution in [3.63, 3.8) is 0 Å². The number of Topliss-reactive ketones (excluding diaryl/α,β-unsaturated/α-hetero) is 1. The molecule has 4 heteroatoms. The fourth-order valence-corrected chi connectivity index (χ4v) is 3.50. The number of ketones is 1. The molecule has 1 aliphatic carbocycles. The second-order valence-electron chi connectivity index (χ2n) is 6.24. The lowest BCUT2D eigenvalue weighted by molar-refractivity contribution is -0.142. The lowest BCUT2D eigenvalue weighted by Crippen LogP contribution is -2.25. The number of carboxylic acid groups (broad SMARTS) is 1. The number of aliphatic carboxylic acids is 1. The van der Waals surface area contributed by atoms with Crippen LogP contribution in [0.4, 0.5) is 0 Å². The fourth-order valence-electron chi connectivity index (χ4n) is 3.50. The van der Waals surface area contributed by atoms with Gasteiger partial charge in [0, 0.05) is 28.6 Å². The molecule has 3 rings (SSSR count). The largest absolute Gasteiger partial charge is 0.481 e. The van der Waals surface area contributed by atoms with Crippen molar-refractivity contribution in [2.45, 2.75) is 26.7 Å². The first-order chi connectivity index (χ1) is 9.97. The number of carboxylic acids is 1. The maximum absolute atomic E-state index is 12.8. The topological polar surface area (TPSA) is 70.2 Å². The molecule has 0 bridgehead atoms. The molecule has 1 fully saturated rings. The molecule has 0 spiro atoms. The van der Waals surface area contributed by atoms with Crippen molar-refractivity contribution >= 4 is 22.7 Å². The lowest BCUT2D eigenvalue weighted by atomic mass is 9.88. The van der Waals surface area contributed by atoms with Crippen LogP contribution in [0.25, 0.3) is 10.9 Å². The van der Waals surface area contributed by atoms with Gasteiger partial charge in [-0.25, -0.2) is 0 Å². The van der Waals surface area contributed by atoms with E-state index in [1.807, 2.05) is 32.0 Å². The van der Waals surface area contributed by atoms with E-state index in [4.69, 9.17) is 0 Å². The molecule has 2 N–H and O–H groups in total. The summed E-state index contributed by atoms with van der Waals surface area (Å²) < 4.78 is 0. The smallest absolute Gasteiger partial charge is 0.307 e. The Morgan fingerprint density at radius 1 is 1.24 bits per heavy atom. The molecular weight excluding hydrogens is 266 g/mol. The van der Waals surface area contributed by atoms with E-state index in [1.165, 1.54) is 0 Å². The summed E-state index contributed by atoms with van der Waals surface area (Å²) in [5.41, 5.74) is 2.67. The number of fused-ring (bicyclic) bond motifs is 1. The third-order valence-corrected chi connectivity index (χ3v) is 4.55. The number of H-pyrrole nitrogens is 1. The summed E-state index contributed by atoms with van der Waals surface area (Å²) in [6, 6.07) is 5.90. The van der Waals surface area contributed by atoms with Crippen LogP contribution in [0.3, 0.4) is 0 Å². The van der Waals surface area contributed by atoms with Gasteiger partial charge in [0.2, 0.25) is 0 Å². The van der Waals surface area contributed by atoms with Gasteiger partial charge >= 0.3 is 5.97 Å². The van der Waals surface area contributed by atoms with Gasteiger partial charge in [-0.05, 0) is 37.3 Å². The maximum atomic E-state index is 12.8. The molecule has 4 nitrogen and oxygen atoms in total. The average Bonchev–Trinajstić information content (AvgIpc) is 3.01. The zero-order chi connectivity index (χ0) is 15.1. The second kappa shape index (κ2) is 5.02. The summed E-state index contributed by atoms with van der Waals surface area (Å²) in [5.74, 6) is -1.57. The average molecular weight is 285 g/mol. The van der Waals surface area contributed by atoms with Crippen molar-refractivity contribution in [2.75, 3.05) is 0 Å². The predicted molar refractivity (Wildman–Crippen MR) is 80.4 cm³/mol. The first-order valence-electron chi connectivity index (χ1n) is 7.32. The van der Waals surface area contributed by atoms with Crippen molar-refractivity contribution in [3.8, 4) is 0 Å². The molecule has 1 aliphatic rings. The van der Waals surface area contributed by atoms with Crippen molar-refractivity contribution in [3.05, 3.63) is 35.5 Å². The van der Waals surface area contributed by atoms with Crippen LogP contribution in [-0.2, 0) is 4.79 Å². The van der Waals surface area contributed by atoms with Gasteiger partial charge in [0.25, 0.3) is 0 Å². The van der Waals surface area contributed by atoms with Gasteiger partial charge in [-0.3, -0.25) is 9.59 Å². The summed E-state index contributed by atoms with van der Waals surface area (Å²) >= 11 is 0. The highest BCUT2D eigenvalue weighted by atomic mass is 16.4. The van der Waals surface area contributed by atoms with E-state index >= 15 is 0 Å². The molecule has 1 aromatic carbocycles. The molecule has 3 atom stereocenters. The minimum atomic E-state index is -0.853. The lowest BCUT2D eigenvalue weighted by Gasteiger charge is -2.13. The monoisotopic (exact) mass is 285 g/mol. The van der Waals surface area contributed by atoms with E-state index in [9.17, 15) is 14.7 Å². The van der Waals surface area contributed by atoms with E-state index in [0.29, 0.717) is 18.4 Å². The van der Waals surface area contributed by atoms with Crippen LogP contribution in [0.1, 0.15) is 35.7 Å². The molecule has 1 heterocycles. The Morgan fingerprint density at radius 2 is 1.95 bits per heavy atom. The summed E-state index contributed by atoms with van der Waals surface area (Å²) in [4.78, 5) is 27.3. The van der Waals surface area contributed by atoms with Crippen LogP contribution in [-0.4, -0.2) is 21.8 Å². The van der Waals surface area contributed by atoms with Crippen LogP contribution in [0.15, 0.2) is 24.4 Å². The first kappa shape index (κ1) is 13.9. The first-order valence-corrected chi connectivity index (χ1v) is 7.32. The molecule has 110 valence electrons. The van der Waals surface area contributed by atoms with E-state index < -0.39 is 17.8 Å². The minimum absolute atomic E-state index is 0.0400. The van der Waals surface area contributed by atoms with E-state index in [1.54, 1.807) is 6.20 Å². The summed E-state index contributed by atoms with van der Waals surface area (Å²) in [7, 11) is 0. The maximum Gasteiger partial charge on any atom is 0.307 e. The van der Waals surface area contributed by atoms with Gasteiger partial charge in [-0.1, -0.05) is 19.1 Å². The number of hydrogen-bond donors (Lipinski definition) is 2. The molecule has 0 saturated heterocycles. The Morgan fingerprint density at radius 3 is 2.67 bits per heavy atom. The Balaban J connectivity index is 1.98. The van der Waals surface area contributed by atoms with E-state index in [2.05, 4.69) is 4.98 Å². The Bertz CT molecular complexity index is 716. The normalized spacial score (nSPS) is 25.3. The zero-order valence-electron chi connectivity index (χ0n) is 12.2. The third-order valence-electron chi connectivity index (χ3n) is 4.55. The molecule has 0 radical (unpaired) electrons. The number of hydrogen-bond acceptors (Lipinski definition) is 2. The van der Waals surface area contributed by atoms with Gasteiger partial charge in [-0.15, -0.1) is 0 Å². The molecule has 1 aromatic heterocycles. The highest BCUT2D eigenvalue weighted by molar-refractivity contribution is 6.10. The van der Waals surface area contributed by atoms with Crippen LogP contribution in [0, 0.1) is 24.7 Å².